The Morgan fingerprint density at radius 1 is 1.47 bits per heavy atom. The van der Waals surface area contributed by atoms with Gasteiger partial charge in [0.15, 0.2) is 0 Å². The smallest absolute Gasteiger partial charge is 0.0246 e. The van der Waals surface area contributed by atoms with Crippen LogP contribution < -0.4 is 11.3 Å². The van der Waals surface area contributed by atoms with E-state index in [4.69, 9.17) is 5.84 Å². The molecule has 3 N–H and O–H groups in total. The number of hydrogen-bond donors (Lipinski definition) is 2. The molecule has 0 heterocycles. The Bertz CT molecular complexity index is 164. The summed E-state index contributed by atoms with van der Waals surface area (Å²) in [6.45, 7) is 2.32. The summed E-state index contributed by atoms with van der Waals surface area (Å²) in [5.41, 5.74) is 3.04. The molecular formula is C12H26N2S. The van der Waals surface area contributed by atoms with E-state index in [1.165, 1.54) is 44.3 Å². The summed E-state index contributed by atoms with van der Waals surface area (Å²) >= 11 is 1.92. The van der Waals surface area contributed by atoms with Gasteiger partial charge in [-0.25, -0.2) is 0 Å². The van der Waals surface area contributed by atoms with Gasteiger partial charge in [0.2, 0.25) is 0 Å². The van der Waals surface area contributed by atoms with Crippen molar-refractivity contribution in [1.82, 2.24) is 5.43 Å². The molecule has 0 aliphatic heterocycles. The lowest BCUT2D eigenvalue weighted by Crippen LogP contribution is -2.43. The van der Waals surface area contributed by atoms with E-state index in [2.05, 4.69) is 18.6 Å². The lowest BCUT2D eigenvalue weighted by molar-refractivity contribution is 0.206. The van der Waals surface area contributed by atoms with Crippen LogP contribution in [-0.4, -0.2) is 18.1 Å². The Kier molecular flexibility index (Phi) is 6.69. The van der Waals surface area contributed by atoms with E-state index >= 15 is 0 Å². The first-order valence-electron chi connectivity index (χ1n) is 6.26. The second-order valence-electron chi connectivity index (χ2n) is 4.76. The summed E-state index contributed by atoms with van der Waals surface area (Å²) in [7, 11) is 0. The number of hydrazine groups is 1. The highest BCUT2D eigenvalue weighted by Gasteiger charge is 2.26. The number of nitrogens with two attached hydrogens (primary N) is 1. The molecule has 3 atom stereocenters. The quantitative estimate of drug-likeness (QED) is 0.544. The summed E-state index contributed by atoms with van der Waals surface area (Å²) in [6.07, 6.45) is 10.3. The van der Waals surface area contributed by atoms with Crippen LogP contribution in [0.1, 0.15) is 45.4 Å². The molecule has 1 fully saturated rings. The Balaban J connectivity index is 2.37. The van der Waals surface area contributed by atoms with Gasteiger partial charge in [-0.05, 0) is 43.1 Å². The Labute approximate surface area is 98.7 Å². The van der Waals surface area contributed by atoms with Crippen molar-refractivity contribution in [3.05, 3.63) is 0 Å². The first-order valence-corrected chi connectivity index (χ1v) is 7.66. The number of rotatable bonds is 6. The highest BCUT2D eigenvalue weighted by molar-refractivity contribution is 7.98. The minimum absolute atomic E-state index is 0.548. The lowest BCUT2D eigenvalue weighted by Gasteiger charge is -2.34. The van der Waals surface area contributed by atoms with Gasteiger partial charge < -0.3 is 0 Å². The first-order chi connectivity index (χ1) is 7.31. The van der Waals surface area contributed by atoms with Gasteiger partial charge in [-0.1, -0.05) is 26.2 Å². The first kappa shape index (κ1) is 13.3. The van der Waals surface area contributed by atoms with Crippen molar-refractivity contribution >= 4 is 11.8 Å². The molecule has 0 spiro atoms. The van der Waals surface area contributed by atoms with E-state index in [1.54, 1.807) is 0 Å². The molecule has 1 aliphatic rings. The van der Waals surface area contributed by atoms with E-state index in [0.717, 1.165) is 11.8 Å². The van der Waals surface area contributed by atoms with E-state index in [0.29, 0.717) is 6.04 Å². The van der Waals surface area contributed by atoms with Crippen molar-refractivity contribution in [2.24, 2.45) is 17.7 Å². The van der Waals surface area contributed by atoms with Crippen molar-refractivity contribution in [2.75, 3.05) is 12.0 Å². The normalized spacial score (nSPS) is 29.0. The molecule has 0 radical (unpaired) electrons. The van der Waals surface area contributed by atoms with Crippen LogP contribution in [0.25, 0.3) is 0 Å². The molecule has 0 bridgehead atoms. The Hall–Kier alpha value is 0.270. The van der Waals surface area contributed by atoms with Crippen molar-refractivity contribution in [3.8, 4) is 0 Å². The number of hydrogen-bond acceptors (Lipinski definition) is 3. The predicted molar refractivity (Wildman–Crippen MR) is 69.8 cm³/mol. The number of nitrogens with one attached hydrogen (secondary N) is 1. The van der Waals surface area contributed by atoms with Crippen LogP contribution in [0.5, 0.6) is 0 Å². The van der Waals surface area contributed by atoms with Crippen molar-refractivity contribution in [2.45, 2.75) is 51.5 Å². The van der Waals surface area contributed by atoms with Gasteiger partial charge in [-0.15, -0.1) is 0 Å². The van der Waals surface area contributed by atoms with E-state index in [9.17, 15) is 0 Å². The van der Waals surface area contributed by atoms with Gasteiger partial charge in [0.05, 0.1) is 0 Å². The van der Waals surface area contributed by atoms with Gasteiger partial charge >= 0.3 is 0 Å². The zero-order valence-corrected chi connectivity index (χ0v) is 11.0. The molecule has 1 rings (SSSR count). The molecule has 3 heteroatoms. The maximum absolute atomic E-state index is 5.67. The molecule has 90 valence electrons. The molecule has 0 amide bonds. The van der Waals surface area contributed by atoms with Gasteiger partial charge in [0.1, 0.15) is 0 Å². The maximum Gasteiger partial charge on any atom is 0.0246 e. The van der Waals surface area contributed by atoms with Crippen LogP contribution in [-0.2, 0) is 0 Å². The molecule has 2 nitrogen and oxygen atoms in total. The van der Waals surface area contributed by atoms with Crippen molar-refractivity contribution < 1.29 is 0 Å². The minimum Gasteiger partial charge on any atom is -0.271 e. The second kappa shape index (κ2) is 7.53. The third-order valence-corrected chi connectivity index (χ3v) is 4.46. The third-order valence-electron chi connectivity index (χ3n) is 3.82. The Morgan fingerprint density at radius 2 is 2.27 bits per heavy atom. The van der Waals surface area contributed by atoms with Crippen LogP contribution in [0.2, 0.25) is 0 Å². The van der Waals surface area contributed by atoms with Crippen molar-refractivity contribution in [3.63, 3.8) is 0 Å². The highest BCUT2D eigenvalue weighted by atomic mass is 32.2. The topological polar surface area (TPSA) is 38.0 Å². The van der Waals surface area contributed by atoms with Crippen LogP contribution >= 0.6 is 11.8 Å². The SMILES string of the molecule is CCC1CCCC(C(CCSC)NN)C1. The summed E-state index contributed by atoms with van der Waals surface area (Å²) in [5.74, 6) is 8.67. The summed E-state index contributed by atoms with van der Waals surface area (Å²) < 4.78 is 0. The van der Waals surface area contributed by atoms with Gasteiger partial charge in [0.25, 0.3) is 0 Å². The lowest BCUT2D eigenvalue weighted by atomic mass is 9.76. The van der Waals surface area contributed by atoms with Crippen LogP contribution in [0, 0.1) is 11.8 Å². The van der Waals surface area contributed by atoms with E-state index < -0.39 is 0 Å². The fourth-order valence-electron chi connectivity index (χ4n) is 2.77. The summed E-state index contributed by atoms with van der Waals surface area (Å²) in [4.78, 5) is 0. The molecule has 3 unspecified atom stereocenters. The van der Waals surface area contributed by atoms with Crippen LogP contribution in [0.15, 0.2) is 0 Å². The molecule has 1 aliphatic carbocycles. The predicted octanol–water partition coefficient (Wildman–Crippen LogP) is 2.79. The largest absolute Gasteiger partial charge is 0.271 e. The zero-order chi connectivity index (χ0) is 11.1. The summed E-state index contributed by atoms with van der Waals surface area (Å²) in [5, 5.41) is 0. The molecular weight excluding hydrogens is 204 g/mol. The third kappa shape index (κ3) is 4.33. The summed E-state index contributed by atoms with van der Waals surface area (Å²) in [6, 6.07) is 0.548. The molecule has 1 saturated carbocycles. The fourth-order valence-corrected chi connectivity index (χ4v) is 3.26. The number of thioether (sulfide) groups is 1. The maximum atomic E-state index is 5.67. The average molecular weight is 230 g/mol. The van der Waals surface area contributed by atoms with E-state index in [1.807, 2.05) is 11.8 Å². The van der Waals surface area contributed by atoms with Crippen molar-refractivity contribution in [1.29, 1.82) is 0 Å². The molecule has 0 aromatic heterocycles. The van der Waals surface area contributed by atoms with Gasteiger partial charge in [-0.2, -0.15) is 11.8 Å². The molecule has 15 heavy (non-hydrogen) atoms. The monoisotopic (exact) mass is 230 g/mol. The second-order valence-corrected chi connectivity index (χ2v) is 5.74. The molecule has 0 saturated heterocycles. The van der Waals surface area contributed by atoms with Gasteiger partial charge in [-0.3, -0.25) is 11.3 Å². The Morgan fingerprint density at radius 3 is 2.87 bits per heavy atom. The van der Waals surface area contributed by atoms with Crippen LogP contribution in [0.3, 0.4) is 0 Å². The zero-order valence-electron chi connectivity index (χ0n) is 10.2. The molecule has 0 aromatic rings. The highest BCUT2D eigenvalue weighted by Crippen LogP contribution is 2.33. The van der Waals surface area contributed by atoms with Crippen LogP contribution in [0.4, 0.5) is 0 Å². The average Bonchev–Trinajstić information content (AvgIpc) is 2.30. The molecule has 0 aromatic carbocycles. The minimum atomic E-state index is 0.548. The standard InChI is InChI=1S/C12H26N2S/c1-3-10-5-4-6-11(9-10)12(14-13)7-8-15-2/h10-12,14H,3-9,13H2,1-2H3. The van der Waals surface area contributed by atoms with Gasteiger partial charge in [0, 0.05) is 6.04 Å². The van der Waals surface area contributed by atoms with E-state index in [-0.39, 0.29) is 0 Å². The fraction of sp³-hybridized carbons (Fsp3) is 1.00.